The summed E-state index contributed by atoms with van der Waals surface area (Å²) in [6.07, 6.45) is 0. The van der Waals surface area contributed by atoms with Crippen LogP contribution in [0.2, 0.25) is 5.02 Å². The van der Waals surface area contributed by atoms with Crippen LogP contribution in [0, 0.1) is 6.92 Å². The van der Waals surface area contributed by atoms with Gasteiger partial charge in [0, 0.05) is 12.6 Å². The van der Waals surface area contributed by atoms with Crippen molar-refractivity contribution in [3.63, 3.8) is 0 Å². The van der Waals surface area contributed by atoms with Crippen molar-refractivity contribution in [2.75, 3.05) is 18.1 Å². The maximum atomic E-state index is 12.0. The molecule has 0 amide bonds. The number of fused-ring (bicyclic) bond motifs is 4. The molecule has 2 aromatic rings. The van der Waals surface area contributed by atoms with Crippen LogP contribution in [0.1, 0.15) is 5.56 Å². The third kappa shape index (κ3) is 3.21. The molecule has 2 aromatic carbocycles. The number of aryl methyl sites for hydroxylation is 1. The molecule has 1 aliphatic carbocycles. The van der Waals surface area contributed by atoms with Gasteiger partial charge in [-0.2, -0.15) is 0 Å². The molecule has 0 spiro atoms. The highest BCUT2D eigenvalue weighted by molar-refractivity contribution is 7.79. The van der Waals surface area contributed by atoms with E-state index in [4.69, 9.17) is 26.5 Å². The van der Waals surface area contributed by atoms with Crippen LogP contribution in [-0.2, 0) is 22.2 Å². The summed E-state index contributed by atoms with van der Waals surface area (Å²) >= 11 is 1.89. The summed E-state index contributed by atoms with van der Waals surface area (Å²) in [4.78, 5) is 8.53. The maximum absolute atomic E-state index is 12.0. The zero-order chi connectivity index (χ0) is 23.6. The Morgan fingerprint density at radius 1 is 1.12 bits per heavy atom. The number of rotatable bonds is 2. The molecular formula is C20H15ClN4O6S2. The van der Waals surface area contributed by atoms with E-state index in [1.54, 1.807) is 25.1 Å². The smallest absolute Gasteiger partial charge is 0.192 e. The minimum atomic E-state index is -2.39. The van der Waals surface area contributed by atoms with E-state index in [1.807, 2.05) is 0 Å². The van der Waals surface area contributed by atoms with Gasteiger partial charge >= 0.3 is 0 Å². The van der Waals surface area contributed by atoms with Gasteiger partial charge in [0.15, 0.2) is 45.0 Å². The number of nitrogens with zero attached hydrogens (tertiary/aromatic N) is 2. The van der Waals surface area contributed by atoms with E-state index in [-0.39, 0.29) is 48.7 Å². The Labute approximate surface area is 196 Å². The first-order valence-electron chi connectivity index (χ1n) is 9.34. The largest absolute Gasteiger partial charge is 0.451 e. The predicted molar refractivity (Wildman–Crippen MR) is 124 cm³/mol. The second-order valence-corrected chi connectivity index (χ2v) is 9.30. The number of benzene rings is 3. The monoisotopic (exact) mass is 506 g/mol. The number of ether oxygens (including phenoxy) is 1. The van der Waals surface area contributed by atoms with Crippen LogP contribution in [0.3, 0.4) is 0 Å². The van der Waals surface area contributed by atoms with Crippen LogP contribution in [0.25, 0.3) is 22.6 Å². The van der Waals surface area contributed by atoms with Crippen LogP contribution in [0.4, 0.5) is 17.1 Å². The van der Waals surface area contributed by atoms with Gasteiger partial charge in [-0.25, -0.2) is 13.4 Å². The summed E-state index contributed by atoms with van der Waals surface area (Å²) in [5.41, 5.74) is 8.08. The Morgan fingerprint density at radius 3 is 2.52 bits per heavy atom. The highest BCUT2D eigenvalue weighted by Gasteiger charge is 2.31. The normalized spacial score (nSPS) is 15.0. The fourth-order valence-corrected chi connectivity index (χ4v) is 5.22. The summed E-state index contributed by atoms with van der Waals surface area (Å²) in [5, 5.41) is 3.50. The molecule has 13 heteroatoms. The molecule has 2 atom stereocenters. The first kappa shape index (κ1) is 21.8. The maximum Gasteiger partial charge on any atom is 0.192 e. The van der Waals surface area contributed by atoms with E-state index in [9.17, 15) is 17.5 Å². The lowest BCUT2D eigenvalue weighted by Gasteiger charge is -2.26. The number of hydrogen-bond acceptors (Lipinski definition) is 8. The molecule has 5 N–H and O–H groups in total. The van der Waals surface area contributed by atoms with Crippen LogP contribution >= 0.6 is 11.6 Å². The average molecular weight is 507 g/mol. The van der Waals surface area contributed by atoms with Crippen molar-refractivity contribution in [3.05, 3.63) is 40.2 Å². The molecule has 0 bridgehead atoms. The lowest BCUT2D eigenvalue weighted by atomic mass is 10.1. The number of hydrogen-bond donors (Lipinski definition) is 4. The van der Waals surface area contributed by atoms with Crippen LogP contribution in [0.5, 0.6) is 11.5 Å². The zero-order valence-electron chi connectivity index (χ0n) is 17.0. The lowest BCUT2D eigenvalue weighted by molar-refractivity contribution is 0.461. The molecule has 3 aliphatic rings. The summed E-state index contributed by atoms with van der Waals surface area (Å²) in [6.45, 7) is 1.72. The van der Waals surface area contributed by atoms with Gasteiger partial charge in [0.05, 0.1) is 16.7 Å². The Kier molecular flexibility index (Phi) is 5.14. The van der Waals surface area contributed by atoms with Crippen molar-refractivity contribution in [1.82, 2.24) is 4.98 Å². The van der Waals surface area contributed by atoms with Crippen molar-refractivity contribution in [2.24, 2.45) is 4.99 Å². The molecule has 33 heavy (non-hydrogen) atoms. The van der Waals surface area contributed by atoms with Gasteiger partial charge in [-0.3, -0.25) is 4.99 Å². The number of nitrogen functional groups attached to an aromatic ring is 1. The van der Waals surface area contributed by atoms with Crippen molar-refractivity contribution in [1.29, 1.82) is 0 Å². The Hall–Kier alpha value is -3.03. The van der Waals surface area contributed by atoms with Crippen molar-refractivity contribution in [3.8, 4) is 23.0 Å². The predicted octanol–water partition coefficient (Wildman–Crippen LogP) is 4.02. The fourth-order valence-electron chi connectivity index (χ4n) is 3.74. The number of nitrogens with one attached hydrogen (secondary N) is 1. The van der Waals surface area contributed by atoms with Crippen LogP contribution in [-0.4, -0.2) is 29.6 Å². The topological polar surface area (TPSA) is 160 Å². The van der Waals surface area contributed by atoms with E-state index in [1.165, 1.54) is 13.1 Å². The third-order valence-electron chi connectivity index (χ3n) is 5.26. The summed E-state index contributed by atoms with van der Waals surface area (Å²) in [7, 11) is 1.50. The summed E-state index contributed by atoms with van der Waals surface area (Å²) < 4.78 is 55.5. The van der Waals surface area contributed by atoms with Crippen molar-refractivity contribution < 1.29 is 26.7 Å². The molecule has 0 saturated carbocycles. The van der Waals surface area contributed by atoms with Gasteiger partial charge in [0.2, 0.25) is 0 Å². The summed E-state index contributed by atoms with van der Waals surface area (Å²) in [6, 6.07) is 6.25. The van der Waals surface area contributed by atoms with Gasteiger partial charge in [0.1, 0.15) is 31.7 Å². The lowest BCUT2D eigenvalue weighted by Crippen LogP contribution is -2.14. The van der Waals surface area contributed by atoms with Gasteiger partial charge < -0.3 is 29.3 Å². The van der Waals surface area contributed by atoms with E-state index in [0.29, 0.717) is 28.1 Å². The van der Waals surface area contributed by atoms with Gasteiger partial charge in [-0.05, 0) is 31.2 Å². The quantitative estimate of drug-likeness (QED) is 0.157. The number of aromatic nitrogens is 1. The molecular weight excluding hydrogens is 492 g/mol. The standard InChI is InChI=1S/C20H15ClN4O6S2/c1-7-13-18(31-17-10(24-13)5-6-11(23-2)20(17)33(28)29)12(21)14-15(7)30-16-9(25-14)4-3-8(22)19(16)32(26)27/h3-6,25H,22H2,1-2H3,(H,26,27)(H,28,29). The highest BCUT2D eigenvalue weighted by Crippen LogP contribution is 2.53. The second-order valence-electron chi connectivity index (χ2n) is 7.11. The first-order valence-corrected chi connectivity index (χ1v) is 11.9. The second kappa shape index (κ2) is 7.78. The van der Waals surface area contributed by atoms with E-state index < -0.39 is 22.2 Å². The highest BCUT2D eigenvalue weighted by atomic mass is 35.5. The average Bonchev–Trinajstić information content (AvgIpc) is 2.79. The van der Waals surface area contributed by atoms with Crippen molar-refractivity contribution >= 4 is 61.9 Å². The first-order chi connectivity index (χ1) is 15.7. The fraction of sp³-hybridized carbons (Fsp3) is 0.100. The number of halogens is 1. The third-order valence-corrected chi connectivity index (χ3v) is 7.14. The van der Waals surface area contributed by atoms with E-state index in [0.717, 1.165) is 0 Å². The molecule has 170 valence electrons. The van der Waals surface area contributed by atoms with Gasteiger partial charge in [0.25, 0.3) is 0 Å². The molecule has 0 saturated heterocycles. The minimum absolute atomic E-state index is 0.0177. The number of anilines is 3. The molecule has 2 aliphatic heterocycles. The van der Waals surface area contributed by atoms with Gasteiger partial charge in [-0.15, -0.1) is 0 Å². The van der Waals surface area contributed by atoms with E-state index in [2.05, 4.69) is 15.3 Å². The van der Waals surface area contributed by atoms with Gasteiger partial charge in [-0.1, -0.05) is 11.6 Å². The van der Waals surface area contributed by atoms with Crippen molar-refractivity contribution in [2.45, 2.75) is 16.7 Å². The molecule has 0 aromatic heterocycles. The minimum Gasteiger partial charge on any atom is -0.451 e. The SMILES string of the molecule is CN=c1ccc2nc3c(C)c4c(c(Cl)c3oc-2c1S(=O)O)Nc1ccc(N)c(S(=O)O)c1O4. The van der Waals surface area contributed by atoms with Crippen LogP contribution < -0.4 is 21.1 Å². The molecule has 5 rings (SSSR count). The van der Waals surface area contributed by atoms with E-state index >= 15 is 0 Å². The Morgan fingerprint density at radius 2 is 1.85 bits per heavy atom. The Balaban J connectivity index is 1.84. The molecule has 0 radical (unpaired) electrons. The molecule has 0 fully saturated rings. The van der Waals surface area contributed by atoms with Crippen LogP contribution in [0.15, 0.2) is 43.5 Å². The molecule has 10 nitrogen and oxygen atoms in total. The molecule has 2 heterocycles. The molecule has 2 unspecified atom stereocenters. The zero-order valence-corrected chi connectivity index (χ0v) is 19.4. The Bertz CT molecular complexity index is 1590. The summed E-state index contributed by atoms with van der Waals surface area (Å²) in [5.74, 6) is 0.466. The number of nitrogens with two attached hydrogens (primary N) is 1.